The number of ether oxygens (including phenoxy) is 1. The number of rotatable bonds is 7. The highest BCUT2D eigenvalue weighted by atomic mass is 19.1. The molecule has 3 fully saturated rings. The molecule has 0 amide bonds. The van der Waals surface area contributed by atoms with E-state index >= 15 is 4.39 Å². The van der Waals surface area contributed by atoms with Gasteiger partial charge in [-0.05, 0) is 69.7 Å². The fourth-order valence-electron chi connectivity index (χ4n) is 8.07. The number of allylic oxidation sites excluding steroid dienone is 4. The Morgan fingerprint density at radius 1 is 1.22 bits per heavy atom. The molecule has 4 rings (SSSR count). The number of carbonyl (C=O) groups is 3. The van der Waals surface area contributed by atoms with E-state index < -0.39 is 58.4 Å². The van der Waals surface area contributed by atoms with Gasteiger partial charge in [0.1, 0.15) is 5.60 Å². The molecule has 2 unspecified atom stereocenters. The molecule has 3 saturated carbocycles. The number of aliphatic hydroxyl groups excluding tert-OH is 1. The first-order valence-corrected chi connectivity index (χ1v) is 13.2. The molecule has 8 atom stereocenters. The lowest BCUT2D eigenvalue weighted by atomic mass is 9.44. The monoisotopic (exact) mass is 505 g/mol. The van der Waals surface area contributed by atoms with Crippen LogP contribution in [0.15, 0.2) is 23.8 Å². The Balaban J connectivity index is 1.61. The van der Waals surface area contributed by atoms with E-state index in [1.54, 1.807) is 26.8 Å². The SMILES string of the molecule is CCN(CC)CC(=O)OCC(=O)[C@@]1(O)[C@@H](C)CC2C3CCC4=CC(=O)C=C[C@]4(C)[C@@]3(F)[C@@H](O)C[C@@]21C. The molecule has 0 aliphatic heterocycles. The third kappa shape index (κ3) is 3.58. The van der Waals surface area contributed by atoms with E-state index in [2.05, 4.69) is 0 Å². The second kappa shape index (κ2) is 9.14. The van der Waals surface area contributed by atoms with Gasteiger partial charge < -0.3 is 14.9 Å². The van der Waals surface area contributed by atoms with Crippen LogP contribution in [0.5, 0.6) is 0 Å². The summed E-state index contributed by atoms with van der Waals surface area (Å²) >= 11 is 0. The molecule has 36 heavy (non-hydrogen) atoms. The van der Waals surface area contributed by atoms with Crippen molar-refractivity contribution in [2.75, 3.05) is 26.2 Å². The highest BCUT2D eigenvalue weighted by molar-refractivity contribution is 6.01. The average Bonchev–Trinajstić information content (AvgIpc) is 3.03. The van der Waals surface area contributed by atoms with Gasteiger partial charge in [-0.15, -0.1) is 0 Å². The smallest absolute Gasteiger partial charge is 0.320 e. The Labute approximate surface area is 212 Å². The van der Waals surface area contributed by atoms with Crippen LogP contribution in [0.25, 0.3) is 0 Å². The van der Waals surface area contributed by atoms with Gasteiger partial charge in [0.25, 0.3) is 0 Å². The molecule has 0 aromatic carbocycles. The molecule has 4 aliphatic rings. The maximum atomic E-state index is 17.2. The molecule has 200 valence electrons. The van der Waals surface area contributed by atoms with Crippen molar-refractivity contribution in [3.63, 3.8) is 0 Å². The molecular weight excluding hydrogens is 465 g/mol. The van der Waals surface area contributed by atoms with Crippen LogP contribution in [0.3, 0.4) is 0 Å². The van der Waals surface area contributed by atoms with Gasteiger partial charge in [0.05, 0.1) is 12.6 Å². The van der Waals surface area contributed by atoms with E-state index in [1.165, 1.54) is 12.2 Å². The Morgan fingerprint density at radius 3 is 2.53 bits per heavy atom. The van der Waals surface area contributed by atoms with Gasteiger partial charge in [-0.25, -0.2) is 4.39 Å². The number of fused-ring (bicyclic) bond motifs is 5. The molecule has 8 heteroatoms. The summed E-state index contributed by atoms with van der Waals surface area (Å²) < 4.78 is 22.5. The summed E-state index contributed by atoms with van der Waals surface area (Å²) in [5, 5.41) is 23.3. The lowest BCUT2D eigenvalue weighted by Crippen LogP contribution is -2.69. The van der Waals surface area contributed by atoms with Gasteiger partial charge in [-0.2, -0.15) is 0 Å². The number of aliphatic hydroxyl groups is 2. The van der Waals surface area contributed by atoms with Gasteiger partial charge in [0.2, 0.25) is 5.78 Å². The third-order valence-electron chi connectivity index (χ3n) is 10.3. The van der Waals surface area contributed by atoms with Gasteiger partial charge in [0.15, 0.2) is 18.1 Å². The highest BCUT2D eigenvalue weighted by Gasteiger charge is 2.75. The summed E-state index contributed by atoms with van der Waals surface area (Å²) in [6.07, 6.45) is 4.28. The van der Waals surface area contributed by atoms with Crippen molar-refractivity contribution in [2.45, 2.75) is 77.7 Å². The summed E-state index contributed by atoms with van der Waals surface area (Å²) in [7, 11) is 0. The van der Waals surface area contributed by atoms with Crippen molar-refractivity contribution in [2.24, 2.45) is 28.6 Å². The number of Topliss-reactive ketones (excluding diaryl/α,β-unsaturated/α-hetero) is 1. The Kier molecular flexibility index (Phi) is 6.89. The number of hydrogen-bond acceptors (Lipinski definition) is 7. The maximum Gasteiger partial charge on any atom is 0.320 e. The second-order valence-electron chi connectivity index (χ2n) is 11.7. The highest BCUT2D eigenvalue weighted by Crippen LogP contribution is 2.70. The molecular formula is C28H40FNO6. The molecule has 0 spiro atoms. The zero-order chi connectivity index (χ0) is 26.7. The molecule has 0 radical (unpaired) electrons. The Bertz CT molecular complexity index is 1010. The number of nitrogens with zero attached hydrogens (tertiary/aromatic N) is 1. The van der Waals surface area contributed by atoms with Crippen LogP contribution in [0, 0.1) is 28.6 Å². The minimum atomic E-state index is -2.03. The lowest BCUT2D eigenvalue weighted by molar-refractivity contribution is -0.220. The first kappa shape index (κ1) is 27.1. The minimum Gasteiger partial charge on any atom is -0.457 e. The van der Waals surface area contributed by atoms with Crippen molar-refractivity contribution in [1.29, 1.82) is 0 Å². The van der Waals surface area contributed by atoms with Crippen LogP contribution in [-0.2, 0) is 19.1 Å². The van der Waals surface area contributed by atoms with Gasteiger partial charge in [-0.1, -0.05) is 39.3 Å². The van der Waals surface area contributed by atoms with Crippen molar-refractivity contribution < 1.29 is 33.7 Å². The van der Waals surface area contributed by atoms with Crippen LogP contribution < -0.4 is 0 Å². The predicted octanol–water partition coefficient (Wildman–Crippen LogP) is 2.79. The van der Waals surface area contributed by atoms with E-state index in [0.29, 0.717) is 37.9 Å². The van der Waals surface area contributed by atoms with E-state index in [4.69, 9.17) is 4.74 Å². The van der Waals surface area contributed by atoms with Crippen LogP contribution in [0.4, 0.5) is 4.39 Å². The molecule has 0 aromatic rings. The quantitative estimate of drug-likeness (QED) is 0.513. The van der Waals surface area contributed by atoms with Crippen molar-refractivity contribution in [3.05, 3.63) is 23.8 Å². The second-order valence-corrected chi connectivity index (χ2v) is 11.7. The summed E-state index contributed by atoms with van der Waals surface area (Å²) in [5.74, 6) is -2.76. The first-order chi connectivity index (χ1) is 16.8. The predicted molar refractivity (Wildman–Crippen MR) is 132 cm³/mol. The molecule has 2 N–H and O–H groups in total. The zero-order valence-corrected chi connectivity index (χ0v) is 22.1. The number of halogens is 1. The lowest BCUT2D eigenvalue weighted by Gasteiger charge is -2.62. The third-order valence-corrected chi connectivity index (χ3v) is 10.3. The maximum absolute atomic E-state index is 17.2. The van der Waals surface area contributed by atoms with Crippen LogP contribution >= 0.6 is 0 Å². The standard InChI is InChI=1S/C28H40FNO6/c1-6-30(7-2)15-24(34)36-16-23(33)28(35)17(3)12-21-20-9-8-18-13-19(31)10-11-25(18,4)27(20,29)22(32)14-26(21,28)5/h10-11,13,17,20-22,32,35H,6-9,12,14-16H2,1-5H3/t17-,20?,21?,22-,25-,26-,27-,28-/m0/s1. The largest absolute Gasteiger partial charge is 0.457 e. The van der Waals surface area contributed by atoms with Crippen molar-refractivity contribution >= 4 is 17.5 Å². The molecule has 4 aliphatic carbocycles. The van der Waals surface area contributed by atoms with E-state index in [-0.39, 0.29) is 24.7 Å². The van der Waals surface area contributed by atoms with E-state index in [9.17, 15) is 24.6 Å². The fourth-order valence-corrected chi connectivity index (χ4v) is 8.07. The Morgan fingerprint density at radius 2 is 1.89 bits per heavy atom. The van der Waals surface area contributed by atoms with E-state index in [1.807, 2.05) is 18.7 Å². The number of hydrogen-bond donors (Lipinski definition) is 2. The van der Waals surface area contributed by atoms with Gasteiger partial charge in [0, 0.05) is 16.7 Å². The molecule has 0 aromatic heterocycles. The van der Waals surface area contributed by atoms with Crippen LogP contribution in [-0.4, -0.2) is 76.3 Å². The average molecular weight is 506 g/mol. The number of likely N-dealkylation sites (N-methyl/N-ethyl adjacent to an activating group) is 1. The van der Waals surface area contributed by atoms with Crippen molar-refractivity contribution in [1.82, 2.24) is 4.90 Å². The van der Waals surface area contributed by atoms with Crippen LogP contribution in [0.1, 0.15) is 60.3 Å². The molecule has 0 bridgehead atoms. The van der Waals surface area contributed by atoms with Gasteiger partial charge >= 0.3 is 5.97 Å². The number of alkyl halides is 1. The molecule has 0 saturated heterocycles. The zero-order valence-electron chi connectivity index (χ0n) is 22.1. The summed E-state index contributed by atoms with van der Waals surface area (Å²) in [4.78, 5) is 39.6. The number of esters is 1. The molecule has 0 heterocycles. The topological polar surface area (TPSA) is 104 Å². The normalized spacial score (nSPS) is 43.5. The number of ketones is 2. The summed E-state index contributed by atoms with van der Waals surface area (Å²) in [6, 6.07) is 0. The molecule has 7 nitrogen and oxygen atoms in total. The Hall–Kier alpha value is -1.90. The fraction of sp³-hybridized carbons (Fsp3) is 0.750. The minimum absolute atomic E-state index is 0.0593. The summed E-state index contributed by atoms with van der Waals surface area (Å²) in [5.41, 5.74) is -5.40. The van der Waals surface area contributed by atoms with Crippen LogP contribution in [0.2, 0.25) is 0 Å². The number of carbonyl (C=O) groups excluding carboxylic acids is 3. The van der Waals surface area contributed by atoms with Crippen molar-refractivity contribution in [3.8, 4) is 0 Å². The summed E-state index contributed by atoms with van der Waals surface area (Å²) in [6.45, 7) is 9.99. The van der Waals surface area contributed by atoms with Gasteiger partial charge in [-0.3, -0.25) is 19.3 Å². The van der Waals surface area contributed by atoms with E-state index in [0.717, 1.165) is 0 Å². The first-order valence-electron chi connectivity index (χ1n) is 13.2.